The van der Waals surface area contributed by atoms with Crippen LogP contribution in [-0.4, -0.2) is 70.8 Å². The number of ether oxygens (including phenoxy) is 2. The maximum absolute atomic E-state index is 13.7. The molecule has 6 aromatic carbocycles. The number of aliphatic hydroxyl groups excluding tert-OH is 3. The molecule has 1 fully saturated rings. The highest BCUT2D eigenvalue weighted by Gasteiger charge is 2.39. The van der Waals surface area contributed by atoms with E-state index in [1.165, 1.54) is 36.4 Å². The molecule has 0 spiro atoms. The van der Waals surface area contributed by atoms with Crippen molar-refractivity contribution in [2.75, 3.05) is 6.61 Å². The van der Waals surface area contributed by atoms with Gasteiger partial charge >= 0.3 is 16.6 Å². The minimum absolute atomic E-state index is 0.112. The Morgan fingerprint density at radius 1 is 0.615 bits per heavy atom. The van der Waals surface area contributed by atoms with Crippen LogP contribution in [0.2, 0.25) is 0 Å². The number of carbonyl (C=O) groups excluding carboxylic acids is 2. The smallest absolute Gasteiger partial charge is 0.446 e. The highest BCUT2D eigenvalue weighted by molar-refractivity contribution is 7.81. The van der Waals surface area contributed by atoms with Crippen LogP contribution in [0, 0.1) is 17.5 Å². The lowest BCUT2D eigenvalue weighted by atomic mass is 10.1. The second kappa shape index (κ2) is 17.6. The Morgan fingerprint density at radius 2 is 1.02 bits per heavy atom. The second-order valence-electron chi connectivity index (χ2n) is 10.8. The molecular weight excluding hydrogens is 710 g/mol. The van der Waals surface area contributed by atoms with Gasteiger partial charge in [-0.05, 0) is 36.4 Å². The second-order valence-corrected chi connectivity index (χ2v) is 11.8. The van der Waals surface area contributed by atoms with Crippen LogP contribution in [0.5, 0.6) is 17.2 Å². The van der Waals surface area contributed by atoms with E-state index < -0.39 is 40.8 Å². The Kier molecular flexibility index (Phi) is 13.2. The topological polar surface area (TPSA) is 197 Å². The van der Waals surface area contributed by atoms with Crippen LogP contribution in [-0.2, 0) is 24.7 Å². The first-order valence-electron chi connectivity index (χ1n) is 14.9. The molecule has 0 aromatic heterocycles. The Hall–Kier alpha value is -5.58. The van der Waals surface area contributed by atoms with Gasteiger partial charge in [0.2, 0.25) is 6.29 Å². The van der Waals surface area contributed by atoms with E-state index in [1.807, 2.05) is 0 Å². The summed E-state index contributed by atoms with van der Waals surface area (Å²) in [4.78, 5) is 16.2. The quantitative estimate of drug-likeness (QED) is 0.151. The van der Waals surface area contributed by atoms with Gasteiger partial charge in [-0.3, -0.25) is 4.55 Å². The van der Waals surface area contributed by atoms with Crippen molar-refractivity contribution in [2.45, 2.75) is 24.6 Å². The van der Waals surface area contributed by atoms with Crippen LogP contribution < -0.4 is 8.92 Å². The third-order valence-corrected chi connectivity index (χ3v) is 7.79. The molecule has 12 nitrogen and oxygen atoms in total. The molecule has 52 heavy (non-hydrogen) atoms. The number of hydrogen-bond donors (Lipinski definition) is 5. The molecule has 0 bridgehead atoms. The number of fused-ring (bicyclic) bond motifs is 3. The lowest BCUT2D eigenvalue weighted by Gasteiger charge is -2.35. The Morgan fingerprint density at radius 3 is 1.50 bits per heavy atom. The maximum Gasteiger partial charge on any atom is 0.446 e. The molecule has 7 rings (SSSR count). The molecule has 1 heterocycles. The van der Waals surface area contributed by atoms with Crippen molar-refractivity contribution in [3.8, 4) is 17.2 Å². The fourth-order valence-corrected chi connectivity index (χ4v) is 5.38. The van der Waals surface area contributed by atoms with Gasteiger partial charge in [-0.25, -0.2) is 13.2 Å². The summed E-state index contributed by atoms with van der Waals surface area (Å²) >= 11 is 0. The Bertz CT molecular complexity index is 2260. The zero-order valence-corrected chi connectivity index (χ0v) is 27.4. The van der Waals surface area contributed by atoms with Gasteiger partial charge in [0.05, 0.1) is 6.61 Å². The van der Waals surface area contributed by atoms with E-state index in [2.05, 4.69) is 4.18 Å². The van der Waals surface area contributed by atoms with E-state index in [0.717, 1.165) is 12.1 Å². The van der Waals surface area contributed by atoms with Crippen LogP contribution in [0.4, 0.5) is 13.2 Å². The van der Waals surface area contributed by atoms with Gasteiger partial charge in [0, 0.05) is 32.3 Å². The van der Waals surface area contributed by atoms with Crippen LogP contribution in [0.25, 0.3) is 32.3 Å². The van der Waals surface area contributed by atoms with Crippen molar-refractivity contribution in [1.29, 1.82) is 0 Å². The van der Waals surface area contributed by atoms with Crippen LogP contribution in [0.15, 0.2) is 109 Å². The van der Waals surface area contributed by atoms with Crippen molar-refractivity contribution in [3.05, 3.63) is 127 Å². The number of hydrogen-bond acceptors (Lipinski definition) is 11. The van der Waals surface area contributed by atoms with Crippen molar-refractivity contribution in [3.63, 3.8) is 0 Å². The van der Waals surface area contributed by atoms with Gasteiger partial charge in [0.25, 0.3) is 0 Å². The van der Waals surface area contributed by atoms with E-state index in [9.17, 15) is 42.0 Å². The predicted molar refractivity (Wildman–Crippen MR) is 179 cm³/mol. The molecule has 16 heteroatoms. The van der Waals surface area contributed by atoms with Crippen LogP contribution >= 0.6 is 0 Å². The number of benzene rings is 6. The molecule has 0 radical (unpaired) electrons. The molecule has 0 amide bonds. The van der Waals surface area contributed by atoms with Crippen molar-refractivity contribution >= 4 is 48.9 Å². The summed E-state index contributed by atoms with van der Waals surface area (Å²) in [5.74, 6) is -0.827. The molecule has 1 aliphatic heterocycles. The number of aliphatic hydroxyl groups is 3. The van der Waals surface area contributed by atoms with Gasteiger partial charge in [-0.15, -0.1) is 0 Å². The summed E-state index contributed by atoms with van der Waals surface area (Å²) in [6.45, 7) is -0.151. The van der Waals surface area contributed by atoms with Crippen LogP contribution in [0.3, 0.4) is 0 Å². The van der Waals surface area contributed by atoms with E-state index in [-0.39, 0.29) is 46.7 Å². The zero-order chi connectivity index (χ0) is 38.0. The standard InChI is InChI=1S/C15H15FO5.C10H7FO4S.C10H7FO.CO2/c16-10-5-6-12(9-4-2-1-3-8(9)10)21-15-14(19)13(18)11(17)7-20-15;11-9-5-6-10(15-16(12,13)14)8-4-2-1-3-7(8)9;11-9-5-6-10(12)8-4-2-1-3-7(8)9;2-1-3/h1-6,11,13-15,17-19H,7H2;1-6H,(H,12,13,14);1-6,12H;/t11-,13+,14?,15+;;;/m1.../s1/i16-1;2*11-1;. The summed E-state index contributed by atoms with van der Waals surface area (Å²) in [5, 5.41) is 40.7. The predicted octanol–water partition coefficient (Wildman–Crippen LogP) is 5.06. The molecular formula is C36H29F3O12S. The number of halogens is 3. The average Bonchev–Trinajstić information content (AvgIpc) is 3.13. The fourth-order valence-electron chi connectivity index (χ4n) is 5.01. The Labute approximate surface area is 293 Å². The zero-order valence-electron chi connectivity index (χ0n) is 26.5. The number of phenols is 1. The maximum atomic E-state index is 13.7. The summed E-state index contributed by atoms with van der Waals surface area (Å²) in [6, 6.07) is 27.3. The summed E-state index contributed by atoms with van der Waals surface area (Å²) < 4.78 is 84.9. The molecule has 4 atom stereocenters. The number of rotatable bonds is 4. The van der Waals surface area contributed by atoms with E-state index in [0.29, 0.717) is 27.3 Å². The largest absolute Gasteiger partial charge is 0.507 e. The van der Waals surface area contributed by atoms with Crippen molar-refractivity contribution in [2.24, 2.45) is 0 Å². The fraction of sp³-hybridized carbons (Fsp3) is 0.139. The minimum atomic E-state index is -4.60. The summed E-state index contributed by atoms with van der Waals surface area (Å²) in [7, 11) is -4.60. The highest BCUT2D eigenvalue weighted by Crippen LogP contribution is 2.31. The SMILES string of the molecule is O=C=O.O=S(=O)(O)Oc1ccc([18F])c2ccccc12.OC1[C@H](Oc2ccc([18F])c3ccccc23)OC[C@@H](O)[C@@H]1O.Oc1ccc([18F])c2ccccc12. The van der Waals surface area contributed by atoms with Gasteiger partial charge in [0.15, 0.2) is 5.75 Å². The first kappa shape index (κ1) is 39.2. The van der Waals surface area contributed by atoms with Gasteiger partial charge in [-0.2, -0.15) is 18.0 Å². The summed E-state index contributed by atoms with van der Waals surface area (Å²) in [5.41, 5.74) is 0. The third kappa shape index (κ3) is 9.80. The van der Waals surface area contributed by atoms with Gasteiger partial charge < -0.3 is 34.1 Å². The van der Waals surface area contributed by atoms with E-state index in [4.69, 9.17) is 23.6 Å². The minimum Gasteiger partial charge on any atom is -0.507 e. The van der Waals surface area contributed by atoms with E-state index >= 15 is 0 Å². The van der Waals surface area contributed by atoms with E-state index in [1.54, 1.807) is 60.7 Å². The first-order valence-corrected chi connectivity index (χ1v) is 16.3. The van der Waals surface area contributed by atoms with Crippen LogP contribution in [0.1, 0.15) is 0 Å². The average molecular weight is 740 g/mol. The lowest BCUT2D eigenvalue weighted by Crippen LogP contribution is -2.54. The van der Waals surface area contributed by atoms with Gasteiger partial charge in [-0.1, -0.05) is 72.8 Å². The first-order chi connectivity index (χ1) is 24.7. The molecule has 5 N–H and O–H groups in total. The van der Waals surface area contributed by atoms with Crippen molar-refractivity contribution < 1.29 is 69.8 Å². The summed E-state index contributed by atoms with van der Waals surface area (Å²) in [6.07, 6.45) is -4.78. The third-order valence-electron chi connectivity index (χ3n) is 7.40. The number of aromatic hydroxyl groups is 1. The molecule has 6 aromatic rings. The van der Waals surface area contributed by atoms with Gasteiger partial charge in [0.1, 0.15) is 47.3 Å². The molecule has 272 valence electrons. The highest BCUT2D eigenvalue weighted by atomic mass is 32.3. The molecule has 0 saturated carbocycles. The monoisotopic (exact) mass is 739 g/mol. The van der Waals surface area contributed by atoms with Crippen molar-refractivity contribution in [1.82, 2.24) is 0 Å². The lowest BCUT2D eigenvalue weighted by molar-refractivity contribution is -0.241. The number of phenolic OH excluding ortho intramolecular Hbond substituents is 1. The molecule has 0 aliphatic carbocycles. The Balaban J connectivity index is 0.000000174. The molecule has 1 aliphatic rings. The molecule has 1 unspecified atom stereocenters. The molecule has 1 saturated heterocycles. The normalized spacial score (nSPS) is 18.1.